The first-order chi connectivity index (χ1) is 8.70. The standard InChI is InChI=1S/C13H21N3O2/c1-2-6-18-11-4-3-5-16(9-11)13(17)12-7-10(14)8-15-12/h7-8,11,15H,2-6,9,14H2,1H3. The molecule has 1 aliphatic rings. The van der Waals surface area contributed by atoms with Crippen LogP contribution in [0.1, 0.15) is 36.7 Å². The smallest absolute Gasteiger partial charge is 0.270 e. The SMILES string of the molecule is CCCOC1CCCN(C(=O)c2cc(N)c[nH]2)C1. The normalized spacial score (nSPS) is 20.1. The molecule has 0 aliphatic carbocycles. The van der Waals surface area contributed by atoms with Crippen molar-refractivity contribution in [2.24, 2.45) is 0 Å². The summed E-state index contributed by atoms with van der Waals surface area (Å²) in [6.45, 7) is 4.33. The molecule has 2 rings (SSSR count). The number of aromatic nitrogens is 1. The Labute approximate surface area is 107 Å². The molecule has 1 atom stereocenters. The molecule has 2 heterocycles. The molecule has 5 nitrogen and oxygen atoms in total. The van der Waals surface area contributed by atoms with E-state index in [1.807, 2.05) is 4.90 Å². The summed E-state index contributed by atoms with van der Waals surface area (Å²) in [6, 6.07) is 1.68. The van der Waals surface area contributed by atoms with E-state index in [9.17, 15) is 4.79 Å². The van der Waals surface area contributed by atoms with E-state index in [1.165, 1.54) is 0 Å². The van der Waals surface area contributed by atoms with Crippen LogP contribution in [0.15, 0.2) is 12.3 Å². The maximum absolute atomic E-state index is 12.2. The van der Waals surface area contributed by atoms with Crippen molar-refractivity contribution in [1.82, 2.24) is 9.88 Å². The minimum absolute atomic E-state index is 0.0106. The molecule has 3 N–H and O–H groups in total. The summed E-state index contributed by atoms with van der Waals surface area (Å²) in [7, 11) is 0. The second-order valence-corrected chi connectivity index (χ2v) is 4.73. The second-order valence-electron chi connectivity index (χ2n) is 4.73. The molecule has 100 valence electrons. The van der Waals surface area contributed by atoms with Gasteiger partial charge in [-0.25, -0.2) is 0 Å². The number of amides is 1. The Morgan fingerprint density at radius 2 is 2.50 bits per heavy atom. The van der Waals surface area contributed by atoms with Crippen molar-refractivity contribution in [1.29, 1.82) is 0 Å². The Morgan fingerprint density at radius 1 is 1.67 bits per heavy atom. The number of nitrogen functional groups attached to an aromatic ring is 1. The highest BCUT2D eigenvalue weighted by molar-refractivity contribution is 5.93. The Bertz CT molecular complexity index is 403. The van der Waals surface area contributed by atoms with Gasteiger partial charge in [0.15, 0.2) is 0 Å². The highest BCUT2D eigenvalue weighted by Crippen LogP contribution is 2.16. The van der Waals surface area contributed by atoms with Gasteiger partial charge in [0, 0.05) is 31.6 Å². The van der Waals surface area contributed by atoms with Crippen LogP contribution in [-0.2, 0) is 4.74 Å². The van der Waals surface area contributed by atoms with Gasteiger partial charge in [-0.3, -0.25) is 4.79 Å². The summed E-state index contributed by atoms with van der Waals surface area (Å²) in [5.41, 5.74) is 6.76. The van der Waals surface area contributed by atoms with Crippen molar-refractivity contribution >= 4 is 11.6 Å². The van der Waals surface area contributed by atoms with Crippen molar-refractivity contribution in [2.45, 2.75) is 32.3 Å². The van der Waals surface area contributed by atoms with Gasteiger partial charge in [-0.1, -0.05) is 6.92 Å². The lowest BCUT2D eigenvalue weighted by molar-refractivity contribution is 0.00195. The maximum Gasteiger partial charge on any atom is 0.270 e. The zero-order chi connectivity index (χ0) is 13.0. The molecule has 0 radical (unpaired) electrons. The lowest BCUT2D eigenvalue weighted by Crippen LogP contribution is -2.43. The Hall–Kier alpha value is -1.49. The average Bonchev–Trinajstić information content (AvgIpc) is 2.82. The van der Waals surface area contributed by atoms with Gasteiger partial charge in [0.25, 0.3) is 5.91 Å². The van der Waals surface area contributed by atoms with E-state index >= 15 is 0 Å². The van der Waals surface area contributed by atoms with E-state index < -0.39 is 0 Å². The minimum Gasteiger partial charge on any atom is -0.397 e. The molecule has 1 unspecified atom stereocenters. The van der Waals surface area contributed by atoms with Gasteiger partial charge < -0.3 is 20.4 Å². The van der Waals surface area contributed by atoms with Gasteiger partial charge in [0.1, 0.15) is 5.69 Å². The summed E-state index contributed by atoms with van der Waals surface area (Å²) in [6.07, 6.45) is 4.86. The number of anilines is 1. The summed E-state index contributed by atoms with van der Waals surface area (Å²) in [5.74, 6) is 0.0106. The Balaban J connectivity index is 1.94. The van der Waals surface area contributed by atoms with Gasteiger partial charge >= 0.3 is 0 Å². The largest absolute Gasteiger partial charge is 0.397 e. The molecule has 5 heteroatoms. The number of likely N-dealkylation sites (tertiary alicyclic amines) is 1. The highest BCUT2D eigenvalue weighted by atomic mass is 16.5. The predicted molar refractivity (Wildman–Crippen MR) is 70.4 cm³/mol. The molecule has 1 amide bonds. The van der Waals surface area contributed by atoms with Gasteiger partial charge in [-0.2, -0.15) is 0 Å². The Morgan fingerprint density at radius 3 is 3.17 bits per heavy atom. The molecule has 1 aliphatic heterocycles. The fraction of sp³-hybridized carbons (Fsp3) is 0.615. The van der Waals surface area contributed by atoms with Gasteiger partial charge in [-0.05, 0) is 25.3 Å². The van der Waals surface area contributed by atoms with Crippen molar-refractivity contribution in [3.8, 4) is 0 Å². The molecular formula is C13H21N3O2. The molecule has 0 spiro atoms. The number of aromatic amines is 1. The number of nitrogens with one attached hydrogen (secondary N) is 1. The van der Waals surface area contributed by atoms with Crippen LogP contribution >= 0.6 is 0 Å². The van der Waals surface area contributed by atoms with E-state index in [1.54, 1.807) is 12.3 Å². The van der Waals surface area contributed by atoms with Crippen LogP contribution in [0.2, 0.25) is 0 Å². The summed E-state index contributed by atoms with van der Waals surface area (Å²) < 4.78 is 5.72. The van der Waals surface area contributed by atoms with Crippen molar-refractivity contribution < 1.29 is 9.53 Å². The predicted octanol–water partition coefficient (Wildman–Crippen LogP) is 1.63. The molecule has 0 bridgehead atoms. The number of H-pyrrole nitrogens is 1. The van der Waals surface area contributed by atoms with Crippen molar-refractivity contribution in [3.05, 3.63) is 18.0 Å². The number of hydrogen-bond donors (Lipinski definition) is 2. The highest BCUT2D eigenvalue weighted by Gasteiger charge is 2.25. The van der Waals surface area contributed by atoms with Crippen molar-refractivity contribution in [2.75, 3.05) is 25.4 Å². The third kappa shape index (κ3) is 3.04. The third-order valence-electron chi connectivity index (χ3n) is 3.16. The number of ether oxygens (including phenoxy) is 1. The van der Waals surface area contributed by atoms with Crippen molar-refractivity contribution in [3.63, 3.8) is 0 Å². The number of nitrogens with two attached hydrogens (primary N) is 1. The molecular weight excluding hydrogens is 230 g/mol. The lowest BCUT2D eigenvalue weighted by atomic mass is 10.1. The Kier molecular flexibility index (Phi) is 4.25. The van der Waals surface area contributed by atoms with Crippen LogP contribution in [0.25, 0.3) is 0 Å². The van der Waals surface area contributed by atoms with Crippen LogP contribution in [-0.4, -0.2) is 41.6 Å². The molecule has 1 aromatic heterocycles. The van der Waals surface area contributed by atoms with E-state index in [4.69, 9.17) is 10.5 Å². The van der Waals surface area contributed by atoms with Gasteiger partial charge in [0.2, 0.25) is 0 Å². The van der Waals surface area contributed by atoms with Gasteiger partial charge in [0.05, 0.1) is 6.10 Å². The summed E-state index contributed by atoms with van der Waals surface area (Å²) >= 11 is 0. The number of piperidine rings is 1. The summed E-state index contributed by atoms with van der Waals surface area (Å²) in [4.78, 5) is 17.0. The monoisotopic (exact) mass is 251 g/mol. The zero-order valence-corrected chi connectivity index (χ0v) is 10.8. The molecule has 0 aromatic carbocycles. The first-order valence-corrected chi connectivity index (χ1v) is 6.55. The van der Waals surface area contributed by atoms with Crippen LogP contribution in [0.3, 0.4) is 0 Å². The van der Waals surface area contributed by atoms with Crippen LogP contribution in [0.4, 0.5) is 5.69 Å². The molecule has 1 fully saturated rings. The zero-order valence-electron chi connectivity index (χ0n) is 10.8. The first-order valence-electron chi connectivity index (χ1n) is 6.55. The van der Waals surface area contributed by atoms with Crippen LogP contribution in [0.5, 0.6) is 0 Å². The van der Waals surface area contributed by atoms with Gasteiger partial charge in [-0.15, -0.1) is 0 Å². The number of carbonyl (C=O) groups excluding carboxylic acids is 1. The van der Waals surface area contributed by atoms with Crippen LogP contribution < -0.4 is 5.73 Å². The van der Waals surface area contributed by atoms with E-state index in [0.29, 0.717) is 17.9 Å². The lowest BCUT2D eigenvalue weighted by Gasteiger charge is -2.32. The molecule has 1 saturated heterocycles. The maximum atomic E-state index is 12.2. The quantitative estimate of drug-likeness (QED) is 0.854. The summed E-state index contributed by atoms with van der Waals surface area (Å²) in [5, 5.41) is 0. The number of carbonyl (C=O) groups is 1. The topological polar surface area (TPSA) is 71.3 Å². The fourth-order valence-electron chi connectivity index (χ4n) is 2.25. The molecule has 18 heavy (non-hydrogen) atoms. The molecule has 0 saturated carbocycles. The number of rotatable bonds is 4. The average molecular weight is 251 g/mol. The van der Waals surface area contributed by atoms with Crippen LogP contribution in [0, 0.1) is 0 Å². The number of hydrogen-bond acceptors (Lipinski definition) is 3. The second kappa shape index (κ2) is 5.91. The number of nitrogens with zero attached hydrogens (tertiary/aromatic N) is 1. The van der Waals surface area contributed by atoms with E-state index in [-0.39, 0.29) is 12.0 Å². The third-order valence-corrected chi connectivity index (χ3v) is 3.16. The molecule has 1 aromatic rings. The van der Waals surface area contributed by atoms with E-state index in [0.717, 1.165) is 32.4 Å². The van der Waals surface area contributed by atoms with E-state index in [2.05, 4.69) is 11.9 Å². The minimum atomic E-state index is 0.0106. The first kappa shape index (κ1) is 13.0. The fourth-order valence-corrected chi connectivity index (χ4v) is 2.25.